The minimum atomic E-state index is -0.723. The Morgan fingerprint density at radius 2 is 1.84 bits per heavy atom. The maximum atomic E-state index is 10.9. The average Bonchev–Trinajstić information content (AvgIpc) is 3.63. The van der Waals surface area contributed by atoms with Crippen molar-refractivity contribution >= 4 is 22.4 Å². The summed E-state index contributed by atoms with van der Waals surface area (Å²) in [7, 11) is 0. The summed E-state index contributed by atoms with van der Waals surface area (Å²) in [6, 6.07) is 20.2. The van der Waals surface area contributed by atoms with Gasteiger partial charge in [0.05, 0.1) is 18.0 Å². The zero-order valence-electron chi connectivity index (χ0n) is 20.1. The summed E-state index contributed by atoms with van der Waals surface area (Å²) in [6.45, 7) is 1.42. The number of fused-ring (bicyclic) bond motifs is 1. The van der Waals surface area contributed by atoms with Crippen molar-refractivity contribution in [3.05, 3.63) is 78.9 Å². The van der Waals surface area contributed by atoms with E-state index in [0.29, 0.717) is 24.7 Å². The number of likely N-dealkylation sites (tertiary alicyclic amines) is 1. The zero-order chi connectivity index (χ0) is 25.2. The Labute approximate surface area is 213 Å². The number of aliphatic hydroxyl groups is 1. The smallest absolute Gasteiger partial charge is 0.161 e. The molecule has 37 heavy (non-hydrogen) atoms. The molecule has 0 aliphatic carbocycles. The molecule has 1 aliphatic heterocycles. The molecule has 0 spiro atoms. The topological polar surface area (TPSA) is 130 Å². The van der Waals surface area contributed by atoms with Crippen molar-refractivity contribution < 1.29 is 5.11 Å². The first-order valence-electron chi connectivity index (χ1n) is 12.3. The summed E-state index contributed by atoms with van der Waals surface area (Å²) in [4.78, 5) is 14.6. The number of benzene rings is 2. The molecule has 0 bridgehead atoms. The van der Waals surface area contributed by atoms with Crippen LogP contribution in [0.4, 0.5) is 11.5 Å². The van der Waals surface area contributed by atoms with Gasteiger partial charge in [-0.2, -0.15) is 10.4 Å². The lowest BCUT2D eigenvalue weighted by Crippen LogP contribution is -2.36. The van der Waals surface area contributed by atoms with Gasteiger partial charge in [-0.05, 0) is 54.1 Å². The molecule has 5 aromatic rings. The number of nitrogens with zero attached hydrogens (tertiary/aromatic N) is 5. The lowest BCUT2D eigenvalue weighted by Gasteiger charge is -2.32. The normalized spacial score (nSPS) is 15.5. The minimum absolute atomic E-state index is 0.0837. The fourth-order valence-electron chi connectivity index (χ4n) is 4.77. The Hall–Kier alpha value is -4.52. The molecule has 9 nitrogen and oxygen atoms in total. The first-order valence-corrected chi connectivity index (χ1v) is 12.3. The van der Waals surface area contributed by atoms with Gasteiger partial charge in [0.25, 0.3) is 0 Å². The Bertz CT molecular complexity index is 1540. The third kappa shape index (κ3) is 4.80. The van der Waals surface area contributed by atoms with Gasteiger partial charge in [0.1, 0.15) is 12.0 Å². The van der Waals surface area contributed by atoms with E-state index < -0.39 is 6.23 Å². The van der Waals surface area contributed by atoms with Crippen LogP contribution in [0.25, 0.3) is 33.4 Å². The average molecular weight is 491 g/mol. The van der Waals surface area contributed by atoms with Crippen molar-refractivity contribution in [3.8, 4) is 28.6 Å². The molecule has 4 N–H and O–H groups in total. The van der Waals surface area contributed by atoms with Crippen LogP contribution in [0.15, 0.2) is 73.2 Å². The Balaban J connectivity index is 1.19. The molecular weight excluding hydrogens is 464 g/mol. The molecule has 3 aromatic heterocycles. The molecule has 1 saturated heterocycles. The molecule has 1 aliphatic rings. The minimum Gasteiger partial charge on any atom is -0.373 e. The van der Waals surface area contributed by atoms with Crippen LogP contribution < -0.4 is 5.32 Å². The van der Waals surface area contributed by atoms with Gasteiger partial charge in [-0.1, -0.05) is 24.3 Å². The third-order valence-corrected chi connectivity index (χ3v) is 6.88. The molecular formula is C28H26N8O. The largest absolute Gasteiger partial charge is 0.373 e. The number of hydrogen-bond acceptors (Lipinski definition) is 7. The summed E-state index contributed by atoms with van der Waals surface area (Å²) in [5.74, 6) is 1.39. The number of nitriles is 1. The number of nitrogens with one attached hydrogen (secondary N) is 3. The number of anilines is 2. The standard InChI is InChI=1S/C28H26N8O/c29-15-18-8-11-36(12-9-18)28(37)25-13-20-1-2-21(14-24(20)34-25)27-30-10-7-26(35-27)33-23-5-3-19(4-6-23)22-16-31-32-17-22/h1-7,10,13-14,16-18,28,34,37H,8-9,11-12H2,(H,31,32)(H,30,33,35). The van der Waals surface area contributed by atoms with Gasteiger partial charge in [0.15, 0.2) is 5.82 Å². The number of aromatic nitrogens is 5. The Kier molecular flexibility index (Phi) is 6.10. The quantitative estimate of drug-likeness (QED) is 0.264. The van der Waals surface area contributed by atoms with E-state index in [9.17, 15) is 5.11 Å². The second kappa shape index (κ2) is 9.85. The molecule has 6 rings (SSSR count). The van der Waals surface area contributed by atoms with Gasteiger partial charge < -0.3 is 15.4 Å². The van der Waals surface area contributed by atoms with Gasteiger partial charge in [-0.3, -0.25) is 10.00 Å². The van der Waals surface area contributed by atoms with Crippen LogP contribution in [0.5, 0.6) is 0 Å². The van der Waals surface area contributed by atoms with Crippen LogP contribution in [0.3, 0.4) is 0 Å². The van der Waals surface area contributed by atoms with Crippen molar-refractivity contribution in [2.45, 2.75) is 19.1 Å². The third-order valence-electron chi connectivity index (χ3n) is 6.88. The van der Waals surface area contributed by atoms with Crippen LogP contribution in [0.2, 0.25) is 0 Å². The second-order valence-corrected chi connectivity index (χ2v) is 9.29. The maximum Gasteiger partial charge on any atom is 0.161 e. The number of aliphatic hydroxyl groups excluding tert-OH is 1. The molecule has 1 fully saturated rings. The number of H-pyrrole nitrogens is 2. The highest BCUT2D eigenvalue weighted by atomic mass is 16.3. The summed E-state index contributed by atoms with van der Waals surface area (Å²) in [6.07, 6.45) is 6.25. The Morgan fingerprint density at radius 3 is 2.59 bits per heavy atom. The van der Waals surface area contributed by atoms with Crippen LogP contribution >= 0.6 is 0 Å². The van der Waals surface area contributed by atoms with Gasteiger partial charge in [0, 0.05) is 53.7 Å². The molecule has 184 valence electrons. The van der Waals surface area contributed by atoms with Gasteiger partial charge in [0.2, 0.25) is 0 Å². The number of hydrogen-bond donors (Lipinski definition) is 4. The van der Waals surface area contributed by atoms with Crippen molar-refractivity contribution in [2.24, 2.45) is 5.92 Å². The molecule has 0 radical (unpaired) electrons. The van der Waals surface area contributed by atoms with E-state index in [2.05, 4.69) is 31.6 Å². The van der Waals surface area contributed by atoms with Gasteiger partial charge in [-0.25, -0.2) is 9.97 Å². The molecule has 2 aromatic carbocycles. The van der Waals surface area contributed by atoms with Crippen LogP contribution in [0, 0.1) is 17.2 Å². The molecule has 0 saturated carbocycles. The summed E-state index contributed by atoms with van der Waals surface area (Å²) >= 11 is 0. The van der Waals surface area contributed by atoms with Crippen molar-refractivity contribution in [2.75, 3.05) is 18.4 Å². The number of rotatable bonds is 6. The van der Waals surface area contributed by atoms with E-state index in [1.165, 1.54) is 0 Å². The molecule has 4 heterocycles. The van der Waals surface area contributed by atoms with E-state index in [0.717, 1.165) is 51.8 Å². The van der Waals surface area contributed by atoms with Crippen molar-refractivity contribution in [1.82, 2.24) is 30.0 Å². The first kappa shape index (κ1) is 22.9. The highest BCUT2D eigenvalue weighted by Gasteiger charge is 2.25. The first-order chi connectivity index (χ1) is 18.2. The summed E-state index contributed by atoms with van der Waals surface area (Å²) in [5, 5.41) is 31.2. The molecule has 9 heteroatoms. The van der Waals surface area contributed by atoms with E-state index in [1.807, 2.05) is 65.7 Å². The highest BCUT2D eigenvalue weighted by Crippen LogP contribution is 2.29. The lowest BCUT2D eigenvalue weighted by atomic mass is 9.98. The monoisotopic (exact) mass is 490 g/mol. The Morgan fingerprint density at radius 1 is 1.03 bits per heavy atom. The lowest BCUT2D eigenvalue weighted by molar-refractivity contribution is -0.0173. The molecule has 1 unspecified atom stereocenters. The van der Waals surface area contributed by atoms with E-state index in [4.69, 9.17) is 10.2 Å². The molecule has 1 atom stereocenters. The SMILES string of the molecule is N#CC1CCN(C(O)c2cc3ccc(-c4nccc(Nc5ccc(-c6cn[nH]c6)cc5)n4)cc3[nH]2)CC1. The van der Waals surface area contributed by atoms with E-state index in [1.54, 1.807) is 12.4 Å². The summed E-state index contributed by atoms with van der Waals surface area (Å²) in [5.41, 5.74) is 5.58. The number of piperidine rings is 1. The predicted molar refractivity (Wildman–Crippen MR) is 142 cm³/mol. The van der Waals surface area contributed by atoms with E-state index in [-0.39, 0.29) is 5.92 Å². The van der Waals surface area contributed by atoms with Crippen LogP contribution in [-0.4, -0.2) is 48.2 Å². The highest BCUT2D eigenvalue weighted by molar-refractivity contribution is 5.84. The van der Waals surface area contributed by atoms with E-state index >= 15 is 0 Å². The van der Waals surface area contributed by atoms with Crippen LogP contribution in [0.1, 0.15) is 24.8 Å². The predicted octanol–water partition coefficient (Wildman–Crippen LogP) is 4.99. The maximum absolute atomic E-state index is 10.9. The zero-order valence-corrected chi connectivity index (χ0v) is 20.1. The second-order valence-electron chi connectivity index (χ2n) is 9.29. The van der Waals surface area contributed by atoms with Gasteiger partial charge >= 0.3 is 0 Å². The summed E-state index contributed by atoms with van der Waals surface area (Å²) < 4.78 is 0. The molecule has 0 amide bonds. The fraction of sp³-hybridized carbons (Fsp3) is 0.214. The van der Waals surface area contributed by atoms with Crippen molar-refractivity contribution in [1.29, 1.82) is 5.26 Å². The van der Waals surface area contributed by atoms with Crippen LogP contribution in [-0.2, 0) is 0 Å². The van der Waals surface area contributed by atoms with Gasteiger partial charge in [-0.15, -0.1) is 0 Å². The van der Waals surface area contributed by atoms with Crippen molar-refractivity contribution in [3.63, 3.8) is 0 Å². The fourth-order valence-corrected chi connectivity index (χ4v) is 4.77. The number of aromatic amines is 2.